The Bertz CT molecular complexity index is 20.9. The van der Waals surface area contributed by atoms with E-state index < -0.39 is 0 Å². The molecule has 4 heavy (non-hydrogen) atoms. The lowest BCUT2D eigenvalue weighted by Gasteiger charge is -1.70. The van der Waals surface area contributed by atoms with Crippen LogP contribution in [0.15, 0.2) is 0 Å². The first-order valence-electron chi connectivity index (χ1n) is 2.03. The van der Waals surface area contributed by atoms with Gasteiger partial charge in [0.25, 0.3) is 0 Å². The molecule has 1 nitrogen and oxygen atoms in total. The van der Waals surface area contributed by atoms with Crippen molar-refractivity contribution in [2.75, 3.05) is 6.52 Å². The molecule has 0 aliphatic rings. The van der Waals surface area contributed by atoms with Crippen LogP contribution in [0.4, 0.5) is 0 Å². The fraction of sp³-hybridized carbons (Fsp3) is 1.00. The maximum atomic E-state index is 6.60. The molecule has 0 radical (unpaired) electrons. The summed E-state index contributed by atoms with van der Waals surface area (Å²) in [5.74, 6) is 0. The fourth-order valence-electron chi connectivity index (χ4n) is 0. The fourth-order valence-corrected chi connectivity index (χ4v) is 0. The average molecular weight is 61.1 g/mol. The summed E-state index contributed by atoms with van der Waals surface area (Å²) in [5, 5.41) is 0. The Morgan fingerprint density at radius 2 is 2.50 bits per heavy atom. The quantitative estimate of drug-likeness (QED) is 0.465. The molecule has 0 amide bonds. The van der Waals surface area contributed by atoms with Crippen LogP contribution in [0.2, 0.25) is 0 Å². The molecule has 0 saturated heterocycles. The molecule has 1 unspecified atom stereocenters. The van der Waals surface area contributed by atoms with Crippen LogP contribution in [0, 0.1) is 0 Å². The zero-order valence-electron chi connectivity index (χ0n) is 3.86. The molecule has 0 heterocycles. The van der Waals surface area contributed by atoms with Crippen molar-refractivity contribution < 1.29 is 1.37 Å². The van der Waals surface area contributed by atoms with Gasteiger partial charge in [-0.15, -0.1) is 0 Å². The van der Waals surface area contributed by atoms with Gasteiger partial charge in [0.15, 0.2) is 0 Å². The second kappa shape index (κ2) is 2.96. The minimum atomic E-state index is -0.366. The lowest BCUT2D eigenvalue weighted by atomic mass is 10.5. The molecular formula is C3H9N. The average Bonchev–Trinajstić information content (AvgIpc) is 1.38. The number of hydrogen-bond donors (Lipinski definition) is 1. The second-order valence-corrected chi connectivity index (χ2v) is 0.644. The van der Waals surface area contributed by atoms with E-state index in [1.807, 2.05) is 6.92 Å². The van der Waals surface area contributed by atoms with Gasteiger partial charge in [-0.05, 0) is 12.9 Å². The van der Waals surface area contributed by atoms with Gasteiger partial charge < -0.3 is 5.73 Å². The first-order chi connectivity index (χ1) is 2.27. The predicted octanol–water partition coefficient (Wildman–Crippen LogP) is 0.355. The SMILES string of the molecule is [3H]C(N)CC. The van der Waals surface area contributed by atoms with Crippen LogP contribution in [0.25, 0.3) is 0 Å². The summed E-state index contributed by atoms with van der Waals surface area (Å²) in [6, 6.07) is 0. The lowest BCUT2D eigenvalue weighted by Crippen LogP contribution is -1.93. The van der Waals surface area contributed by atoms with Crippen molar-refractivity contribution in [1.29, 1.82) is 0 Å². The zero-order valence-corrected chi connectivity index (χ0v) is 2.86. The molecule has 0 saturated carbocycles. The van der Waals surface area contributed by atoms with Crippen LogP contribution in [-0.2, 0) is 0 Å². The Balaban J connectivity index is 2.54. The second-order valence-electron chi connectivity index (χ2n) is 0.644. The van der Waals surface area contributed by atoms with Gasteiger partial charge in [0, 0.05) is 1.37 Å². The van der Waals surface area contributed by atoms with Crippen molar-refractivity contribution in [3.05, 3.63) is 0 Å². The molecule has 0 aromatic heterocycles. The van der Waals surface area contributed by atoms with E-state index in [0.717, 1.165) is 6.42 Å². The van der Waals surface area contributed by atoms with E-state index in [0.29, 0.717) is 0 Å². The molecule has 0 bridgehead atoms. The number of hydrogen-bond acceptors (Lipinski definition) is 1. The minimum Gasteiger partial charge on any atom is -0.330 e. The zero-order chi connectivity index (χ0) is 4.28. The van der Waals surface area contributed by atoms with E-state index in [1.165, 1.54) is 0 Å². The van der Waals surface area contributed by atoms with E-state index in [1.54, 1.807) is 0 Å². The number of rotatable bonds is 1. The van der Waals surface area contributed by atoms with Crippen molar-refractivity contribution in [2.24, 2.45) is 5.73 Å². The Morgan fingerprint density at radius 3 is 2.50 bits per heavy atom. The third-order valence-corrected chi connectivity index (χ3v) is 0.236. The van der Waals surface area contributed by atoms with Crippen molar-refractivity contribution in [2.45, 2.75) is 13.3 Å². The smallest absolute Gasteiger partial charge is 0.0425 e. The Kier molecular flexibility index (Phi) is 1.64. The predicted molar refractivity (Wildman–Crippen MR) is 19.3 cm³/mol. The van der Waals surface area contributed by atoms with Crippen LogP contribution in [-0.4, -0.2) is 6.52 Å². The lowest BCUT2D eigenvalue weighted by molar-refractivity contribution is 0.932. The van der Waals surface area contributed by atoms with E-state index in [2.05, 4.69) is 0 Å². The van der Waals surface area contributed by atoms with Gasteiger partial charge in [0.05, 0.1) is 0 Å². The summed E-state index contributed by atoms with van der Waals surface area (Å²) >= 11 is 0. The summed E-state index contributed by atoms with van der Waals surface area (Å²) in [5.41, 5.74) is 4.96. The van der Waals surface area contributed by atoms with Crippen LogP contribution in [0.3, 0.4) is 0 Å². The van der Waals surface area contributed by atoms with Gasteiger partial charge >= 0.3 is 0 Å². The molecule has 0 fully saturated rings. The highest BCUT2D eigenvalue weighted by atomic mass is 14.5. The van der Waals surface area contributed by atoms with Gasteiger partial charge in [-0.25, -0.2) is 0 Å². The molecule has 0 aliphatic carbocycles. The highest BCUT2D eigenvalue weighted by Crippen LogP contribution is 1.57. The summed E-state index contributed by atoms with van der Waals surface area (Å²) < 4.78 is 6.60. The molecule has 2 N–H and O–H groups in total. The van der Waals surface area contributed by atoms with Crippen LogP contribution >= 0.6 is 0 Å². The Labute approximate surface area is 28.2 Å². The van der Waals surface area contributed by atoms with E-state index in [9.17, 15) is 0 Å². The van der Waals surface area contributed by atoms with Gasteiger partial charge in [0.1, 0.15) is 0 Å². The molecule has 26 valence electrons. The largest absolute Gasteiger partial charge is 0.330 e. The maximum absolute atomic E-state index is 6.60. The number of nitrogens with two attached hydrogens (primary N) is 1. The minimum absolute atomic E-state index is 0.366. The van der Waals surface area contributed by atoms with Crippen molar-refractivity contribution in [3.8, 4) is 0 Å². The van der Waals surface area contributed by atoms with Gasteiger partial charge in [-0.3, -0.25) is 0 Å². The third-order valence-electron chi connectivity index (χ3n) is 0.236. The summed E-state index contributed by atoms with van der Waals surface area (Å²) in [6.07, 6.45) is 0.750. The van der Waals surface area contributed by atoms with E-state index in [4.69, 9.17) is 7.10 Å². The van der Waals surface area contributed by atoms with Crippen molar-refractivity contribution >= 4 is 0 Å². The molecule has 0 rings (SSSR count). The van der Waals surface area contributed by atoms with Crippen LogP contribution in [0.1, 0.15) is 14.7 Å². The molecule has 1 atom stereocenters. The van der Waals surface area contributed by atoms with Gasteiger partial charge in [0.2, 0.25) is 0 Å². The first-order valence-corrected chi connectivity index (χ1v) is 1.45. The Morgan fingerprint density at radius 1 is 2.25 bits per heavy atom. The van der Waals surface area contributed by atoms with Crippen LogP contribution < -0.4 is 5.73 Å². The molecule has 0 spiro atoms. The van der Waals surface area contributed by atoms with E-state index in [-0.39, 0.29) is 6.52 Å². The van der Waals surface area contributed by atoms with Crippen molar-refractivity contribution in [3.63, 3.8) is 0 Å². The molecule has 0 aromatic rings. The van der Waals surface area contributed by atoms with Gasteiger partial charge in [-0.1, -0.05) is 6.92 Å². The summed E-state index contributed by atoms with van der Waals surface area (Å²) in [6.45, 7) is 1.52. The highest BCUT2D eigenvalue weighted by Gasteiger charge is 1.55. The van der Waals surface area contributed by atoms with Crippen LogP contribution in [0.5, 0.6) is 0 Å². The van der Waals surface area contributed by atoms with Crippen molar-refractivity contribution in [1.82, 2.24) is 0 Å². The molecular weight excluding hydrogens is 50.0 g/mol. The third kappa shape index (κ3) is 1.96. The van der Waals surface area contributed by atoms with Gasteiger partial charge in [-0.2, -0.15) is 0 Å². The molecule has 1 heteroatoms. The first kappa shape index (κ1) is 2.21. The monoisotopic (exact) mass is 61.1 g/mol. The molecule has 0 aliphatic heterocycles. The van der Waals surface area contributed by atoms with E-state index >= 15 is 0 Å². The Hall–Kier alpha value is -0.0400. The highest BCUT2D eigenvalue weighted by molar-refractivity contribution is 4.19. The standard InChI is InChI=1S/C3H9N/c1-2-3-4/h2-4H2,1H3/i3T. The normalized spacial score (nSPS) is 19.0. The summed E-state index contributed by atoms with van der Waals surface area (Å²) in [4.78, 5) is 0. The summed E-state index contributed by atoms with van der Waals surface area (Å²) in [7, 11) is 0. The molecule has 0 aromatic carbocycles. The maximum Gasteiger partial charge on any atom is 0.0425 e. The topological polar surface area (TPSA) is 26.0 Å².